The predicted octanol–water partition coefficient (Wildman–Crippen LogP) is 3.86. The normalized spacial score (nSPS) is 32.1. The summed E-state index contributed by atoms with van der Waals surface area (Å²) in [5.41, 5.74) is 1.89. The lowest BCUT2D eigenvalue weighted by molar-refractivity contribution is -0.135. The van der Waals surface area contributed by atoms with Crippen molar-refractivity contribution in [3.63, 3.8) is 0 Å². The Balaban J connectivity index is 1.46. The average molecular weight is 437 g/mol. The molecule has 0 radical (unpaired) electrons. The van der Waals surface area contributed by atoms with Gasteiger partial charge in [-0.3, -0.25) is 9.78 Å². The van der Waals surface area contributed by atoms with Crippen molar-refractivity contribution in [1.82, 2.24) is 9.88 Å². The minimum Gasteiger partial charge on any atom is -0.454 e. The SMILES string of the molecule is CC1CC(C)CN(C(=O)CC(C2C=C3OCOC3=CC2)C2c3ncccc3C=CC2O)C1. The maximum Gasteiger partial charge on any atom is 0.231 e. The number of carbonyl (C=O) groups excluding carboxylic acids is 1. The molecule has 1 N–H and O–H groups in total. The maximum absolute atomic E-state index is 13.5. The number of carbonyl (C=O) groups is 1. The lowest BCUT2D eigenvalue weighted by atomic mass is 9.70. The van der Waals surface area contributed by atoms with Gasteiger partial charge in [-0.25, -0.2) is 0 Å². The van der Waals surface area contributed by atoms with Crippen LogP contribution in [0.15, 0.2) is 48.1 Å². The Morgan fingerprint density at radius 3 is 2.84 bits per heavy atom. The number of nitrogens with zero attached hydrogens (tertiary/aromatic N) is 2. The van der Waals surface area contributed by atoms with Gasteiger partial charge in [0.1, 0.15) is 0 Å². The molecule has 5 rings (SSSR count). The standard InChI is InChI=1S/C26H32N2O4/c1-16-10-17(2)14-28(13-16)24(30)12-20(19-6-8-22-23(11-19)32-15-31-22)25-21(29)7-5-18-4-3-9-27-26(18)25/h3-5,7-9,11,16-17,19-21,25,29H,6,10,12-15H2,1-2H3. The number of pyridine rings is 1. The third-order valence-electron chi connectivity index (χ3n) is 7.28. The van der Waals surface area contributed by atoms with Crippen molar-refractivity contribution in [2.45, 2.75) is 45.1 Å². The number of likely N-dealkylation sites (tertiary alicyclic amines) is 1. The largest absolute Gasteiger partial charge is 0.454 e. The van der Waals surface area contributed by atoms with E-state index in [1.165, 1.54) is 0 Å². The summed E-state index contributed by atoms with van der Waals surface area (Å²) in [4.78, 5) is 20.2. The van der Waals surface area contributed by atoms with Crippen molar-refractivity contribution in [2.24, 2.45) is 23.7 Å². The highest BCUT2D eigenvalue weighted by molar-refractivity contribution is 5.77. The summed E-state index contributed by atoms with van der Waals surface area (Å²) in [5, 5.41) is 11.1. The first-order chi connectivity index (χ1) is 15.5. The molecule has 1 aromatic rings. The van der Waals surface area contributed by atoms with Crippen molar-refractivity contribution in [1.29, 1.82) is 0 Å². The first-order valence-electron chi connectivity index (χ1n) is 11.8. The summed E-state index contributed by atoms with van der Waals surface area (Å²) in [7, 11) is 0. The van der Waals surface area contributed by atoms with Gasteiger partial charge in [-0.2, -0.15) is 0 Å². The van der Waals surface area contributed by atoms with Crippen LogP contribution in [0.5, 0.6) is 0 Å². The van der Waals surface area contributed by atoms with Gasteiger partial charge in [0, 0.05) is 31.6 Å². The van der Waals surface area contributed by atoms with Crippen molar-refractivity contribution in [2.75, 3.05) is 19.9 Å². The molecule has 2 aliphatic carbocycles. The van der Waals surface area contributed by atoms with Crippen LogP contribution in [-0.4, -0.2) is 46.9 Å². The number of amides is 1. The van der Waals surface area contributed by atoms with Crippen LogP contribution in [0, 0.1) is 23.7 Å². The van der Waals surface area contributed by atoms with Gasteiger partial charge in [0.25, 0.3) is 0 Å². The highest BCUT2D eigenvalue weighted by atomic mass is 16.7. The van der Waals surface area contributed by atoms with E-state index in [0.717, 1.165) is 48.7 Å². The predicted molar refractivity (Wildman–Crippen MR) is 121 cm³/mol. The molecule has 6 nitrogen and oxygen atoms in total. The van der Waals surface area contributed by atoms with Crippen molar-refractivity contribution in [3.8, 4) is 0 Å². The number of hydrogen-bond acceptors (Lipinski definition) is 5. The van der Waals surface area contributed by atoms with Gasteiger partial charge in [0.05, 0.1) is 11.8 Å². The number of fused-ring (bicyclic) bond motifs is 2. The number of piperidine rings is 1. The fourth-order valence-electron chi connectivity index (χ4n) is 5.92. The molecule has 3 heterocycles. The van der Waals surface area contributed by atoms with E-state index in [1.54, 1.807) is 6.20 Å². The second-order valence-corrected chi connectivity index (χ2v) is 9.87. The summed E-state index contributed by atoms with van der Waals surface area (Å²) in [5.74, 6) is 2.44. The Kier molecular flexibility index (Phi) is 5.80. The zero-order valence-electron chi connectivity index (χ0n) is 18.8. The van der Waals surface area contributed by atoms with Crippen LogP contribution in [0.2, 0.25) is 0 Å². The molecule has 170 valence electrons. The molecule has 2 fully saturated rings. The fourth-order valence-corrected chi connectivity index (χ4v) is 5.92. The zero-order valence-corrected chi connectivity index (χ0v) is 18.8. The van der Waals surface area contributed by atoms with Crippen molar-refractivity contribution < 1.29 is 19.4 Å². The minimum absolute atomic E-state index is 0.0556. The van der Waals surface area contributed by atoms with Crippen molar-refractivity contribution >= 4 is 12.0 Å². The molecule has 6 unspecified atom stereocenters. The highest BCUT2D eigenvalue weighted by Gasteiger charge is 2.41. The van der Waals surface area contributed by atoms with Gasteiger partial charge in [0.15, 0.2) is 11.5 Å². The first-order valence-corrected chi connectivity index (χ1v) is 11.8. The fraction of sp³-hybridized carbons (Fsp3) is 0.538. The van der Waals surface area contributed by atoms with Gasteiger partial charge in [-0.1, -0.05) is 32.1 Å². The van der Waals surface area contributed by atoms with E-state index in [0.29, 0.717) is 18.3 Å². The molecule has 1 aromatic heterocycles. The van der Waals surface area contributed by atoms with E-state index in [4.69, 9.17) is 9.47 Å². The molecule has 1 amide bonds. The van der Waals surface area contributed by atoms with Gasteiger partial charge in [0.2, 0.25) is 12.7 Å². The second-order valence-electron chi connectivity index (χ2n) is 9.87. The second kappa shape index (κ2) is 8.74. The van der Waals surface area contributed by atoms with E-state index in [-0.39, 0.29) is 30.5 Å². The van der Waals surface area contributed by atoms with Gasteiger partial charge in [-0.15, -0.1) is 0 Å². The number of aliphatic hydroxyl groups is 1. The van der Waals surface area contributed by atoms with E-state index < -0.39 is 6.10 Å². The molecule has 6 atom stereocenters. The summed E-state index contributed by atoms with van der Waals surface area (Å²) in [6, 6.07) is 3.94. The zero-order chi connectivity index (χ0) is 22.2. The molecule has 2 saturated heterocycles. The average Bonchev–Trinajstić information content (AvgIpc) is 3.25. The number of ether oxygens (including phenoxy) is 2. The van der Waals surface area contributed by atoms with Crippen LogP contribution in [-0.2, 0) is 14.3 Å². The minimum atomic E-state index is -0.682. The Labute approximate surface area is 189 Å². The third-order valence-corrected chi connectivity index (χ3v) is 7.28. The van der Waals surface area contributed by atoms with Crippen molar-refractivity contribution in [3.05, 3.63) is 59.3 Å². The van der Waals surface area contributed by atoms with Crippen LogP contribution in [0.4, 0.5) is 0 Å². The summed E-state index contributed by atoms with van der Waals surface area (Å²) >= 11 is 0. The first kappa shape index (κ1) is 21.3. The van der Waals surface area contributed by atoms with Crippen LogP contribution < -0.4 is 0 Å². The monoisotopic (exact) mass is 436 g/mol. The molecule has 6 heteroatoms. The van der Waals surface area contributed by atoms with Gasteiger partial charge < -0.3 is 19.5 Å². The van der Waals surface area contributed by atoms with Crippen LogP contribution in [0.3, 0.4) is 0 Å². The lowest BCUT2D eigenvalue weighted by Crippen LogP contribution is -2.44. The molecule has 0 aromatic carbocycles. The molecule has 0 bridgehead atoms. The molecule has 0 saturated carbocycles. The summed E-state index contributed by atoms with van der Waals surface area (Å²) < 4.78 is 11.2. The van der Waals surface area contributed by atoms with Crippen LogP contribution in [0.25, 0.3) is 6.08 Å². The van der Waals surface area contributed by atoms with Crippen LogP contribution >= 0.6 is 0 Å². The molecular formula is C26H32N2O4. The highest BCUT2D eigenvalue weighted by Crippen LogP contribution is 2.44. The third kappa shape index (κ3) is 4.08. The number of hydrogen-bond donors (Lipinski definition) is 1. The molecule has 32 heavy (non-hydrogen) atoms. The van der Waals surface area contributed by atoms with E-state index >= 15 is 0 Å². The van der Waals surface area contributed by atoms with Gasteiger partial charge in [-0.05, 0) is 60.3 Å². The Bertz CT molecular complexity index is 958. The number of aliphatic hydroxyl groups excluding tert-OH is 1. The topological polar surface area (TPSA) is 71.9 Å². The Morgan fingerprint density at radius 1 is 1.25 bits per heavy atom. The quantitative estimate of drug-likeness (QED) is 0.776. The van der Waals surface area contributed by atoms with Gasteiger partial charge >= 0.3 is 0 Å². The molecule has 4 aliphatic rings. The number of rotatable bonds is 4. The molecule has 0 spiro atoms. The lowest BCUT2D eigenvalue weighted by Gasteiger charge is -2.39. The summed E-state index contributed by atoms with van der Waals surface area (Å²) in [6.07, 6.45) is 11.3. The van der Waals surface area contributed by atoms with E-state index in [1.807, 2.05) is 29.2 Å². The summed E-state index contributed by atoms with van der Waals surface area (Å²) in [6.45, 7) is 6.29. The maximum atomic E-state index is 13.5. The van der Waals surface area contributed by atoms with E-state index in [2.05, 4.69) is 31.0 Å². The van der Waals surface area contributed by atoms with Crippen LogP contribution in [0.1, 0.15) is 50.3 Å². The molecular weight excluding hydrogens is 404 g/mol. The number of allylic oxidation sites excluding steroid dienone is 2. The Morgan fingerprint density at radius 2 is 2.03 bits per heavy atom. The smallest absolute Gasteiger partial charge is 0.231 e. The Hall–Kier alpha value is -2.60. The number of aromatic nitrogens is 1. The van der Waals surface area contributed by atoms with E-state index in [9.17, 15) is 9.90 Å². The molecule has 2 aliphatic heterocycles.